The first-order valence-corrected chi connectivity index (χ1v) is 10.6. The molecule has 1 unspecified atom stereocenters. The number of methoxy groups -OCH3 is 1. The van der Waals surface area contributed by atoms with E-state index in [9.17, 15) is 8.42 Å². The molecule has 0 amide bonds. The van der Waals surface area contributed by atoms with Crippen LogP contribution in [0.15, 0.2) is 53.4 Å². The number of nitrogens with zero attached hydrogens (tertiary/aromatic N) is 1. The van der Waals surface area contributed by atoms with E-state index in [0.29, 0.717) is 22.2 Å². The lowest BCUT2D eigenvalue weighted by atomic mass is 10.0. The van der Waals surface area contributed by atoms with Crippen LogP contribution < -0.4 is 10.1 Å². The number of piperazine rings is 1. The van der Waals surface area contributed by atoms with Gasteiger partial charge in [-0.1, -0.05) is 29.8 Å². The summed E-state index contributed by atoms with van der Waals surface area (Å²) in [4.78, 5) is 2.51. The SMILES string of the molecule is COc1cccc(S(=O)(=O)CCN2CCNCC2c2cccc(Cl)c2)c1. The molecular weight excluding hydrogens is 372 g/mol. The van der Waals surface area contributed by atoms with Gasteiger partial charge >= 0.3 is 0 Å². The largest absolute Gasteiger partial charge is 0.497 e. The van der Waals surface area contributed by atoms with E-state index < -0.39 is 9.84 Å². The molecule has 0 radical (unpaired) electrons. The van der Waals surface area contributed by atoms with Crippen LogP contribution in [-0.2, 0) is 9.84 Å². The first-order valence-electron chi connectivity index (χ1n) is 8.56. The molecule has 0 aromatic heterocycles. The number of halogens is 1. The Bertz CT molecular complexity index is 857. The topological polar surface area (TPSA) is 58.6 Å². The van der Waals surface area contributed by atoms with Gasteiger partial charge in [-0.05, 0) is 35.9 Å². The minimum absolute atomic E-state index is 0.0667. The zero-order valence-corrected chi connectivity index (χ0v) is 16.3. The summed E-state index contributed by atoms with van der Waals surface area (Å²) in [7, 11) is -1.84. The summed E-state index contributed by atoms with van der Waals surface area (Å²) in [5, 5.41) is 4.07. The molecule has 1 N–H and O–H groups in total. The molecule has 2 aromatic rings. The Morgan fingerprint density at radius 2 is 2.04 bits per heavy atom. The first kappa shape index (κ1) is 19.2. The third-order valence-electron chi connectivity index (χ3n) is 4.64. The van der Waals surface area contributed by atoms with Crippen LogP contribution in [0.2, 0.25) is 5.02 Å². The van der Waals surface area contributed by atoms with Crippen molar-refractivity contribution in [2.45, 2.75) is 10.9 Å². The Morgan fingerprint density at radius 3 is 2.81 bits per heavy atom. The zero-order chi connectivity index (χ0) is 18.6. The second-order valence-corrected chi connectivity index (χ2v) is 8.85. The molecule has 0 aliphatic carbocycles. The number of hydrogen-bond acceptors (Lipinski definition) is 5. The highest BCUT2D eigenvalue weighted by Gasteiger charge is 2.26. The fourth-order valence-electron chi connectivity index (χ4n) is 3.21. The fraction of sp³-hybridized carbons (Fsp3) is 0.368. The highest BCUT2D eigenvalue weighted by Crippen LogP contribution is 2.25. The lowest BCUT2D eigenvalue weighted by Gasteiger charge is -2.36. The molecule has 0 spiro atoms. The summed E-state index contributed by atoms with van der Waals surface area (Å²) in [6.45, 7) is 2.89. The standard InChI is InChI=1S/C19H23ClN2O3S/c1-25-17-6-3-7-18(13-17)26(23,24)11-10-22-9-8-21-14-19(22)15-4-2-5-16(20)12-15/h2-7,12-13,19,21H,8-11,14H2,1H3. The Balaban J connectivity index is 1.73. The summed E-state index contributed by atoms with van der Waals surface area (Å²) < 4.78 is 30.6. The lowest BCUT2D eigenvalue weighted by Crippen LogP contribution is -2.47. The Labute approximate surface area is 159 Å². The van der Waals surface area contributed by atoms with Gasteiger partial charge in [-0.3, -0.25) is 4.90 Å². The van der Waals surface area contributed by atoms with E-state index in [4.69, 9.17) is 16.3 Å². The molecule has 140 valence electrons. The Hall–Kier alpha value is -1.60. The first-order chi connectivity index (χ1) is 12.5. The van der Waals surface area contributed by atoms with Crippen molar-refractivity contribution in [1.29, 1.82) is 0 Å². The van der Waals surface area contributed by atoms with Gasteiger partial charge in [0.25, 0.3) is 0 Å². The number of hydrogen-bond donors (Lipinski definition) is 1. The van der Waals surface area contributed by atoms with Crippen molar-refractivity contribution in [2.75, 3.05) is 39.0 Å². The molecule has 1 fully saturated rings. The van der Waals surface area contributed by atoms with Crippen LogP contribution in [0.1, 0.15) is 11.6 Å². The minimum Gasteiger partial charge on any atom is -0.497 e. The predicted molar refractivity (Wildman–Crippen MR) is 104 cm³/mol. The van der Waals surface area contributed by atoms with Gasteiger partial charge in [0.2, 0.25) is 0 Å². The minimum atomic E-state index is -3.37. The van der Waals surface area contributed by atoms with Gasteiger partial charge in [-0.25, -0.2) is 8.42 Å². The number of rotatable bonds is 6. The van der Waals surface area contributed by atoms with Crippen molar-refractivity contribution < 1.29 is 13.2 Å². The number of nitrogens with one attached hydrogen (secondary N) is 1. The maximum Gasteiger partial charge on any atom is 0.179 e. The monoisotopic (exact) mass is 394 g/mol. The zero-order valence-electron chi connectivity index (χ0n) is 14.7. The molecule has 1 saturated heterocycles. The average Bonchev–Trinajstić information content (AvgIpc) is 2.67. The van der Waals surface area contributed by atoms with Gasteiger partial charge in [0, 0.05) is 37.2 Å². The smallest absolute Gasteiger partial charge is 0.179 e. The maximum atomic E-state index is 12.7. The van der Waals surface area contributed by atoms with Gasteiger partial charge in [-0.15, -0.1) is 0 Å². The van der Waals surface area contributed by atoms with Crippen molar-refractivity contribution in [1.82, 2.24) is 10.2 Å². The molecule has 5 nitrogen and oxygen atoms in total. The van der Waals surface area contributed by atoms with Crippen LogP contribution in [-0.4, -0.2) is 52.4 Å². The summed E-state index contributed by atoms with van der Waals surface area (Å²) >= 11 is 6.12. The average molecular weight is 395 g/mol. The second kappa shape index (κ2) is 8.39. The van der Waals surface area contributed by atoms with Crippen LogP contribution in [0.3, 0.4) is 0 Å². The fourth-order valence-corrected chi connectivity index (χ4v) is 4.70. The van der Waals surface area contributed by atoms with Crippen LogP contribution >= 0.6 is 11.6 Å². The highest BCUT2D eigenvalue weighted by molar-refractivity contribution is 7.91. The van der Waals surface area contributed by atoms with Gasteiger partial charge in [0.1, 0.15) is 5.75 Å². The predicted octanol–water partition coefficient (Wildman–Crippen LogP) is 2.77. The van der Waals surface area contributed by atoms with Crippen molar-refractivity contribution in [2.24, 2.45) is 0 Å². The van der Waals surface area contributed by atoms with E-state index in [0.717, 1.165) is 25.2 Å². The Kier molecular flexibility index (Phi) is 6.19. The normalized spacial score (nSPS) is 18.6. The second-order valence-electron chi connectivity index (χ2n) is 6.31. The molecule has 0 bridgehead atoms. The number of ether oxygens (including phenoxy) is 1. The molecule has 1 atom stereocenters. The van der Waals surface area contributed by atoms with E-state index in [2.05, 4.69) is 10.2 Å². The molecule has 3 rings (SSSR count). The molecule has 1 aliphatic rings. The molecule has 2 aromatic carbocycles. The molecular formula is C19H23ClN2O3S. The third-order valence-corrected chi connectivity index (χ3v) is 6.56. The summed E-state index contributed by atoms with van der Waals surface area (Å²) in [6, 6.07) is 14.5. The number of benzene rings is 2. The van der Waals surface area contributed by atoms with E-state index >= 15 is 0 Å². The third kappa shape index (κ3) is 4.57. The number of sulfone groups is 1. The van der Waals surface area contributed by atoms with Gasteiger partial charge in [0.05, 0.1) is 17.8 Å². The van der Waals surface area contributed by atoms with E-state index in [1.54, 1.807) is 24.3 Å². The molecule has 1 aliphatic heterocycles. The van der Waals surface area contributed by atoms with Gasteiger partial charge < -0.3 is 10.1 Å². The van der Waals surface area contributed by atoms with Crippen LogP contribution in [0.5, 0.6) is 5.75 Å². The molecule has 26 heavy (non-hydrogen) atoms. The highest BCUT2D eigenvalue weighted by atomic mass is 35.5. The maximum absolute atomic E-state index is 12.7. The van der Waals surface area contributed by atoms with Crippen LogP contribution in [0, 0.1) is 0 Å². The lowest BCUT2D eigenvalue weighted by molar-refractivity contribution is 0.172. The summed E-state index contributed by atoms with van der Waals surface area (Å²) in [6.07, 6.45) is 0. The van der Waals surface area contributed by atoms with Gasteiger partial charge in [0.15, 0.2) is 9.84 Å². The summed E-state index contributed by atoms with van der Waals surface area (Å²) in [5.74, 6) is 0.613. The Morgan fingerprint density at radius 1 is 1.23 bits per heavy atom. The van der Waals surface area contributed by atoms with Crippen LogP contribution in [0.25, 0.3) is 0 Å². The van der Waals surface area contributed by atoms with Gasteiger partial charge in [-0.2, -0.15) is 0 Å². The molecule has 0 saturated carbocycles. The van der Waals surface area contributed by atoms with Crippen molar-refractivity contribution >= 4 is 21.4 Å². The quantitative estimate of drug-likeness (QED) is 0.816. The van der Waals surface area contributed by atoms with Crippen molar-refractivity contribution in [3.8, 4) is 5.75 Å². The summed E-state index contributed by atoms with van der Waals surface area (Å²) in [5.41, 5.74) is 1.10. The van der Waals surface area contributed by atoms with Crippen molar-refractivity contribution in [3.63, 3.8) is 0 Å². The molecule has 1 heterocycles. The van der Waals surface area contributed by atoms with E-state index in [1.165, 1.54) is 7.11 Å². The van der Waals surface area contributed by atoms with E-state index in [1.807, 2.05) is 24.3 Å². The van der Waals surface area contributed by atoms with Crippen molar-refractivity contribution in [3.05, 3.63) is 59.1 Å². The van der Waals surface area contributed by atoms with E-state index in [-0.39, 0.29) is 11.8 Å². The van der Waals surface area contributed by atoms with Crippen LogP contribution in [0.4, 0.5) is 0 Å². The molecule has 7 heteroatoms.